The van der Waals surface area contributed by atoms with Gasteiger partial charge in [0.25, 0.3) is 0 Å². The number of hydrogen-bond donors (Lipinski definition) is 2. The van der Waals surface area contributed by atoms with Crippen molar-refractivity contribution in [1.82, 2.24) is 10.3 Å². The third-order valence-corrected chi connectivity index (χ3v) is 3.71. The van der Waals surface area contributed by atoms with Crippen LogP contribution in [-0.4, -0.2) is 16.7 Å². The largest absolute Gasteiger partial charge is 0.444 e. The van der Waals surface area contributed by atoms with Crippen LogP contribution in [0.4, 0.5) is 10.5 Å². The molecule has 0 aliphatic heterocycles. The zero-order valence-electron chi connectivity index (χ0n) is 13.9. The number of ether oxygens (including phenoxy) is 1. The lowest BCUT2D eigenvalue weighted by Gasteiger charge is -2.20. The molecule has 1 aromatic heterocycles. The lowest BCUT2D eigenvalue weighted by molar-refractivity contribution is 0.0523. The number of alkyl carbamates (subject to hydrolysis) is 1. The number of para-hydroxylation sites is 1. The molecule has 0 radical (unpaired) electrons. The van der Waals surface area contributed by atoms with Crippen molar-refractivity contribution in [3.8, 4) is 0 Å². The smallest absolute Gasteiger partial charge is 0.407 e. The van der Waals surface area contributed by atoms with Gasteiger partial charge in [0.05, 0.1) is 17.2 Å². The van der Waals surface area contributed by atoms with Gasteiger partial charge in [-0.3, -0.25) is 0 Å². The molecule has 23 heavy (non-hydrogen) atoms. The van der Waals surface area contributed by atoms with Crippen molar-refractivity contribution in [2.75, 3.05) is 5.32 Å². The maximum atomic E-state index is 11.8. The van der Waals surface area contributed by atoms with Gasteiger partial charge >= 0.3 is 6.09 Å². The van der Waals surface area contributed by atoms with Crippen molar-refractivity contribution in [2.45, 2.75) is 45.9 Å². The van der Waals surface area contributed by atoms with E-state index in [1.165, 1.54) is 0 Å². The van der Waals surface area contributed by atoms with E-state index in [0.717, 1.165) is 16.9 Å². The van der Waals surface area contributed by atoms with Gasteiger partial charge in [0, 0.05) is 17.6 Å². The number of aromatic nitrogens is 1. The number of thiazole rings is 1. The fraction of sp³-hybridized carbons (Fsp3) is 0.412. The molecule has 1 heterocycles. The molecular formula is C17H23N3O2S. The first-order valence-electron chi connectivity index (χ1n) is 7.54. The van der Waals surface area contributed by atoms with E-state index in [-0.39, 0.29) is 6.04 Å². The van der Waals surface area contributed by atoms with E-state index >= 15 is 0 Å². The van der Waals surface area contributed by atoms with E-state index < -0.39 is 11.7 Å². The number of amides is 1. The number of rotatable bonds is 5. The third-order valence-electron chi connectivity index (χ3n) is 3.11. The highest BCUT2D eigenvalue weighted by molar-refractivity contribution is 7.07. The van der Waals surface area contributed by atoms with Crippen molar-refractivity contribution in [1.29, 1.82) is 0 Å². The molecule has 0 saturated carbocycles. The Morgan fingerprint density at radius 2 is 2.09 bits per heavy atom. The highest BCUT2D eigenvalue weighted by Gasteiger charge is 2.16. The molecule has 124 valence electrons. The van der Waals surface area contributed by atoms with Gasteiger partial charge in [-0.1, -0.05) is 18.2 Å². The lowest BCUT2D eigenvalue weighted by Crippen LogP contribution is -2.32. The Bertz CT molecular complexity index is 636. The normalized spacial score (nSPS) is 12.5. The summed E-state index contributed by atoms with van der Waals surface area (Å²) in [5, 5.41) is 8.25. The molecule has 0 spiro atoms. The first-order valence-corrected chi connectivity index (χ1v) is 8.49. The SMILES string of the molecule is CC(Nc1ccccc1CNC(=O)OC(C)(C)C)c1cscn1. The number of anilines is 1. The van der Waals surface area contributed by atoms with Crippen LogP contribution in [0.2, 0.25) is 0 Å². The van der Waals surface area contributed by atoms with Gasteiger partial charge < -0.3 is 15.4 Å². The molecule has 0 bridgehead atoms. The van der Waals surface area contributed by atoms with Crippen molar-refractivity contribution in [2.24, 2.45) is 0 Å². The second-order valence-electron chi connectivity index (χ2n) is 6.29. The topological polar surface area (TPSA) is 63.2 Å². The molecule has 1 amide bonds. The lowest BCUT2D eigenvalue weighted by atomic mass is 10.1. The van der Waals surface area contributed by atoms with Gasteiger partial charge in [-0.05, 0) is 39.3 Å². The molecule has 6 heteroatoms. The third kappa shape index (κ3) is 5.56. The van der Waals surface area contributed by atoms with Gasteiger partial charge in [-0.15, -0.1) is 11.3 Å². The first-order chi connectivity index (χ1) is 10.8. The molecule has 2 aromatic rings. The minimum absolute atomic E-state index is 0.101. The van der Waals surface area contributed by atoms with Crippen LogP contribution in [0.3, 0.4) is 0 Å². The Hall–Kier alpha value is -2.08. The number of carbonyl (C=O) groups is 1. The molecular weight excluding hydrogens is 310 g/mol. The number of hydrogen-bond acceptors (Lipinski definition) is 5. The predicted molar refractivity (Wildman–Crippen MR) is 93.7 cm³/mol. The van der Waals surface area contributed by atoms with E-state index in [2.05, 4.69) is 22.5 Å². The summed E-state index contributed by atoms with van der Waals surface area (Å²) < 4.78 is 5.26. The predicted octanol–water partition coefficient (Wildman–Crippen LogP) is 4.34. The zero-order chi connectivity index (χ0) is 16.9. The van der Waals surface area contributed by atoms with Crippen LogP contribution >= 0.6 is 11.3 Å². The summed E-state index contributed by atoms with van der Waals surface area (Å²) in [5.41, 5.74) is 4.30. The highest BCUT2D eigenvalue weighted by Crippen LogP contribution is 2.22. The van der Waals surface area contributed by atoms with Gasteiger partial charge in [-0.25, -0.2) is 9.78 Å². The Balaban J connectivity index is 1.99. The fourth-order valence-electron chi connectivity index (χ4n) is 2.04. The summed E-state index contributed by atoms with van der Waals surface area (Å²) in [4.78, 5) is 16.1. The summed E-state index contributed by atoms with van der Waals surface area (Å²) in [6.07, 6.45) is -0.417. The molecule has 1 unspecified atom stereocenters. The van der Waals surface area contributed by atoms with Gasteiger partial charge in [0.2, 0.25) is 0 Å². The molecule has 0 aliphatic rings. The van der Waals surface area contributed by atoms with Crippen LogP contribution in [0.5, 0.6) is 0 Å². The summed E-state index contributed by atoms with van der Waals surface area (Å²) in [6, 6.07) is 7.99. The van der Waals surface area contributed by atoms with Crippen molar-refractivity contribution in [3.63, 3.8) is 0 Å². The van der Waals surface area contributed by atoms with Crippen LogP contribution in [0.15, 0.2) is 35.2 Å². The number of nitrogens with zero attached hydrogens (tertiary/aromatic N) is 1. The Labute approximate surface area is 141 Å². The average molecular weight is 333 g/mol. The molecule has 0 fully saturated rings. The van der Waals surface area contributed by atoms with Crippen LogP contribution in [-0.2, 0) is 11.3 Å². The molecule has 2 rings (SSSR count). The van der Waals surface area contributed by atoms with Crippen LogP contribution < -0.4 is 10.6 Å². The number of benzene rings is 1. The van der Waals surface area contributed by atoms with Crippen molar-refractivity contribution in [3.05, 3.63) is 46.4 Å². The molecule has 1 aromatic carbocycles. The second kappa shape index (κ2) is 7.46. The monoisotopic (exact) mass is 333 g/mol. The maximum absolute atomic E-state index is 11.8. The minimum atomic E-state index is -0.499. The number of carbonyl (C=O) groups excluding carboxylic acids is 1. The van der Waals surface area contributed by atoms with E-state index in [1.807, 2.05) is 55.9 Å². The Morgan fingerprint density at radius 3 is 2.74 bits per heavy atom. The fourth-order valence-corrected chi connectivity index (χ4v) is 2.69. The van der Waals surface area contributed by atoms with Crippen molar-refractivity contribution < 1.29 is 9.53 Å². The zero-order valence-corrected chi connectivity index (χ0v) is 14.7. The molecule has 2 N–H and O–H groups in total. The molecule has 0 aliphatic carbocycles. The summed E-state index contributed by atoms with van der Waals surface area (Å²) in [7, 11) is 0. The van der Waals surface area contributed by atoms with Gasteiger partial charge in [0.15, 0.2) is 0 Å². The quantitative estimate of drug-likeness (QED) is 0.854. The summed E-state index contributed by atoms with van der Waals surface area (Å²) >= 11 is 1.58. The first kappa shape index (κ1) is 17.3. The summed E-state index contributed by atoms with van der Waals surface area (Å²) in [6.45, 7) is 8.00. The highest BCUT2D eigenvalue weighted by atomic mass is 32.1. The van der Waals surface area contributed by atoms with E-state index in [0.29, 0.717) is 6.54 Å². The Kier molecular flexibility index (Phi) is 5.60. The van der Waals surface area contributed by atoms with Crippen molar-refractivity contribution >= 4 is 23.1 Å². The second-order valence-corrected chi connectivity index (χ2v) is 7.01. The number of nitrogens with one attached hydrogen (secondary N) is 2. The van der Waals surface area contributed by atoms with Crippen LogP contribution in [0, 0.1) is 0 Å². The minimum Gasteiger partial charge on any atom is -0.444 e. The molecule has 1 atom stereocenters. The molecule has 5 nitrogen and oxygen atoms in total. The van der Waals surface area contributed by atoms with E-state index in [4.69, 9.17) is 4.74 Å². The standard InChI is InChI=1S/C17H23N3O2S/c1-12(15-10-23-11-19-15)20-14-8-6-5-7-13(14)9-18-16(21)22-17(2,3)4/h5-8,10-12,20H,9H2,1-4H3,(H,18,21). The Morgan fingerprint density at radius 1 is 1.35 bits per heavy atom. The molecule has 0 saturated heterocycles. The van der Waals surface area contributed by atoms with Crippen LogP contribution in [0.25, 0.3) is 0 Å². The average Bonchev–Trinajstić information content (AvgIpc) is 2.99. The maximum Gasteiger partial charge on any atom is 0.407 e. The van der Waals surface area contributed by atoms with Crippen LogP contribution in [0.1, 0.15) is 45.0 Å². The van der Waals surface area contributed by atoms with E-state index in [1.54, 1.807) is 11.3 Å². The van der Waals surface area contributed by atoms with E-state index in [9.17, 15) is 4.79 Å². The summed E-state index contributed by atoms with van der Waals surface area (Å²) in [5.74, 6) is 0. The van der Waals surface area contributed by atoms with Gasteiger partial charge in [0.1, 0.15) is 5.60 Å². The van der Waals surface area contributed by atoms with Gasteiger partial charge in [-0.2, -0.15) is 0 Å².